The predicted molar refractivity (Wildman–Crippen MR) is 260 cm³/mol. The molecule has 9 aromatic carbocycles. The highest BCUT2D eigenvalue weighted by atomic mass is 15.0. The maximum atomic E-state index is 5.19. The lowest BCUT2D eigenvalue weighted by Gasteiger charge is -2.25. The average Bonchev–Trinajstić information content (AvgIpc) is 3.45. The Kier molecular flexibility index (Phi) is 8.50. The van der Waals surface area contributed by atoms with E-state index in [1.54, 1.807) is 0 Å². The van der Waals surface area contributed by atoms with Gasteiger partial charge in [0.1, 0.15) is 5.84 Å². The van der Waals surface area contributed by atoms with Crippen LogP contribution in [-0.2, 0) is 11.8 Å². The Morgan fingerprint density at radius 1 is 0.500 bits per heavy atom. The summed E-state index contributed by atoms with van der Waals surface area (Å²) < 4.78 is 0. The van der Waals surface area contributed by atoms with Gasteiger partial charge in [0, 0.05) is 22.5 Å². The van der Waals surface area contributed by atoms with Gasteiger partial charge in [-0.3, -0.25) is 0 Å². The van der Waals surface area contributed by atoms with Gasteiger partial charge in [0.2, 0.25) is 0 Å². The SMILES string of the molecule is CC1(C)c2cc3c(cc2-c2c1c1ccccc1c1ccccc21)CCC(c1ccc(-c2cccc(C4=CC(c5ccccc5)NC(c5ccccc5)=N4)c2)cc1)c1ccccc1-3. The van der Waals surface area contributed by atoms with Crippen molar-refractivity contribution in [3.05, 3.63) is 245 Å². The molecule has 0 saturated heterocycles. The molecule has 0 amide bonds. The van der Waals surface area contributed by atoms with E-state index in [9.17, 15) is 0 Å². The van der Waals surface area contributed by atoms with E-state index in [0.29, 0.717) is 5.92 Å². The number of nitrogens with one attached hydrogen (secondary N) is 1. The zero-order chi connectivity index (χ0) is 41.4. The Morgan fingerprint density at radius 2 is 1.15 bits per heavy atom. The van der Waals surface area contributed by atoms with Gasteiger partial charge in [-0.25, -0.2) is 4.99 Å². The van der Waals surface area contributed by atoms with E-state index in [-0.39, 0.29) is 11.5 Å². The number of nitrogens with zero attached hydrogens (tertiary/aromatic N) is 1. The first-order valence-electron chi connectivity index (χ1n) is 22.1. The van der Waals surface area contributed by atoms with Gasteiger partial charge in [-0.1, -0.05) is 196 Å². The van der Waals surface area contributed by atoms with Gasteiger partial charge < -0.3 is 5.32 Å². The largest absolute Gasteiger partial charge is 0.359 e. The molecule has 0 saturated carbocycles. The smallest absolute Gasteiger partial charge is 0.134 e. The van der Waals surface area contributed by atoms with Crippen molar-refractivity contribution in [2.45, 2.75) is 44.1 Å². The molecule has 0 aromatic heterocycles. The van der Waals surface area contributed by atoms with Crippen LogP contribution in [0, 0.1) is 0 Å². The van der Waals surface area contributed by atoms with E-state index >= 15 is 0 Å². The monoisotopic (exact) mass is 794 g/mol. The maximum Gasteiger partial charge on any atom is 0.134 e. The van der Waals surface area contributed by atoms with Crippen molar-refractivity contribution in [3.8, 4) is 33.4 Å². The summed E-state index contributed by atoms with van der Waals surface area (Å²) in [6.07, 6.45) is 4.33. The fourth-order valence-electron chi connectivity index (χ4n) is 10.9. The highest BCUT2D eigenvalue weighted by Gasteiger charge is 2.40. The van der Waals surface area contributed by atoms with Gasteiger partial charge in [0.25, 0.3) is 0 Å². The molecule has 296 valence electrons. The third kappa shape index (κ3) is 5.89. The topological polar surface area (TPSA) is 24.4 Å². The van der Waals surface area contributed by atoms with Gasteiger partial charge >= 0.3 is 0 Å². The van der Waals surface area contributed by atoms with E-state index in [2.05, 4.69) is 213 Å². The summed E-state index contributed by atoms with van der Waals surface area (Å²) in [4.78, 5) is 5.19. The number of rotatable bonds is 5. The van der Waals surface area contributed by atoms with Gasteiger partial charge in [-0.15, -0.1) is 0 Å². The Hall–Kier alpha value is -7.29. The summed E-state index contributed by atoms with van der Waals surface area (Å²) in [5.74, 6) is 1.18. The van der Waals surface area contributed by atoms with Crippen LogP contribution in [-0.4, -0.2) is 5.84 Å². The van der Waals surface area contributed by atoms with Crippen LogP contribution in [0.15, 0.2) is 205 Å². The molecule has 3 aliphatic rings. The number of hydrogen-bond donors (Lipinski definition) is 1. The van der Waals surface area contributed by atoms with Gasteiger partial charge in [0.05, 0.1) is 11.7 Å². The third-order valence-corrected chi connectivity index (χ3v) is 13.9. The molecule has 1 heterocycles. The number of fused-ring (bicyclic) bond motifs is 11. The van der Waals surface area contributed by atoms with Crippen molar-refractivity contribution in [2.75, 3.05) is 0 Å². The van der Waals surface area contributed by atoms with Crippen molar-refractivity contribution >= 4 is 33.1 Å². The molecule has 0 spiro atoms. The molecular weight excluding hydrogens is 749 g/mol. The molecule has 0 bridgehead atoms. The third-order valence-electron chi connectivity index (χ3n) is 13.9. The van der Waals surface area contributed by atoms with Crippen LogP contribution in [0.4, 0.5) is 0 Å². The second kappa shape index (κ2) is 14.4. The lowest BCUT2D eigenvalue weighted by Crippen LogP contribution is -2.31. The van der Waals surface area contributed by atoms with Crippen LogP contribution in [0.1, 0.15) is 76.7 Å². The van der Waals surface area contributed by atoms with E-state index in [4.69, 9.17) is 4.99 Å². The molecular formula is C60H46N2. The van der Waals surface area contributed by atoms with Crippen LogP contribution in [0.3, 0.4) is 0 Å². The molecule has 2 unspecified atom stereocenters. The van der Waals surface area contributed by atoms with E-state index in [1.165, 1.54) is 88.3 Å². The Balaban J connectivity index is 0.891. The first kappa shape index (κ1) is 36.6. The van der Waals surface area contributed by atoms with Crippen LogP contribution in [0.5, 0.6) is 0 Å². The summed E-state index contributed by atoms with van der Waals surface area (Å²) in [6.45, 7) is 4.88. The minimum Gasteiger partial charge on any atom is -0.359 e. The molecule has 2 heteroatoms. The summed E-state index contributed by atoms with van der Waals surface area (Å²) in [7, 11) is 0. The Morgan fingerprint density at radius 3 is 1.94 bits per heavy atom. The minimum absolute atomic E-state index is 0.0129. The normalized spacial score (nSPS) is 17.2. The highest BCUT2D eigenvalue weighted by molar-refractivity contribution is 6.18. The van der Waals surface area contributed by atoms with Crippen molar-refractivity contribution < 1.29 is 0 Å². The van der Waals surface area contributed by atoms with E-state index < -0.39 is 0 Å². The van der Waals surface area contributed by atoms with Crippen LogP contribution < -0.4 is 5.32 Å². The average molecular weight is 795 g/mol. The molecule has 62 heavy (non-hydrogen) atoms. The van der Waals surface area contributed by atoms with E-state index in [1.807, 2.05) is 6.07 Å². The fraction of sp³-hybridized carbons (Fsp3) is 0.117. The summed E-state index contributed by atoms with van der Waals surface area (Å²) in [6, 6.07) is 71.7. The highest BCUT2D eigenvalue weighted by Crippen LogP contribution is 2.56. The molecule has 1 N–H and O–H groups in total. The number of aryl methyl sites for hydroxylation is 1. The summed E-state index contributed by atoms with van der Waals surface area (Å²) in [5, 5.41) is 9.11. The van der Waals surface area contributed by atoms with Crippen molar-refractivity contribution in [1.82, 2.24) is 5.32 Å². The molecule has 2 atom stereocenters. The van der Waals surface area contributed by atoms with Crippen LogP contribution >= 0.6 is 0 Å². The number of amidine groups is 1. The molecule has 0 fully saturated rings. The maximum absolute atomic E-state index is 5.19. The lowest BCUT2D eigenvalue weighted by molar-refractivity contribution is 0.666. The number of aliphatic imine (C=N–C) groups is 1. The van der Waals surface area contributed by atoms with Crippen molar-refractivity contribution in [1.29, 1.82) is 0 Å². The zero-order valence-electron chi connectivity index (χ0n) is 35.1. The molecule has 9 aromatic rings. The number of hydrogen-bond acceptors (Lipinski definition) is 2. The predicted octanol–water partition coefficient (Wildman–Crippen LogP) is 14.8. The van der Waals surface area contributed by atoms with Crippen molar-refractivity contribution in [3.63, 3.8) is 0 Å². The van der Waals surface area contributed by atoms with E-state index in [0.717, 1.165) is 35.5 Å². The van der Waals surface area contributed by atoms with Gasteiger partial charge in [0.15, 0.2) is 0 Å². The Bertz CT molecular complexity index is 3280. The van der Waals surface area contributed by atoms with Gasteiger partial charge in [-0.05, 0) is 119 Å². The minimum atomic E-state index is -0.137. The fourth-order valence-corrected chi connectivity index (χ4v) is 10.9. The zero-order valence-corrected chi connectivity index (χ0v) is 35.1. The first-order chi connectivity index (χ1) is 30.5. The number of benzene rings is 9. The van der Waals surface area contributed by atoms with Crippen LogP contribution in [0.25, 0.3) is 60.6 Å². The van der Waals surface area contributed by atoms with Gasteiger partial charge in [-0.2, -0.15) is 0 Å². The summed E-state index contributed by atoms with van der Waals surface area (Å²) in [5.41, 5.74) is 19.4. The van der Waals surface area contributed by atoms with Crippen molar-refractivity contribution in [2.24, 2.45) is 4.99 Å². The molecule has 2 aliphatic carbocycles. The molecule has 12 rings (SSSR count). The second-order valence-electron chi connectivity index (χ2n) is 17.8. The second-order valence-corrected chi connectivity index (χ2v) is 17.8. The first-order valence-corrected chi connectivity index (χ1v) is 22.1. The summed E-state index contributed by atoms with van der Waals surface area (Å²) >= 11 is 0. The Labute approximate surface area is 364 Å². The van der Waals surface area contributed by atoms with Crippen LogP contribution in [0.2, 0.25) is 0 Å². The quantitative estimate of drug-likeness (QED) is 0.172. The lowest BCUT2D eigenvalue weighted by atomic mass is 9.78. The standard InChI is InChI=1S/C60H46N2/c1-60(2)54-36-52-43(35-53(54)57-50-26-13-11-23-47(50)48-24-12-14-27-51(48)58(57)60)32-33-45(46-22-9-10-25-49(46)52)39-30-28-38(29-31-39)42-20-15-21-44(34-42)56-37-55(40-16-5-3-6-17-40)61-59(62-56)41-18-7-4-8-19-41/h3-31,34-37,45,55H,32-33H2,1-2H3,(H,61,62). The molecule has 2 nitrogen and oxygen atoms in total. The molecule has 1 aliphatic heterocycles. The molecule has 0 radical (unpaired) electrons.